The van der Waals surface area contributed by atoms with Gasteiger partial charge in [0, 0.05) is 19.6 Å². The number of hydrogen-bond donors (Lipinski definition) is 3. The van der Waals surface area contributed by atoms with E-state index in [2.05, 4.69) is 12.2 Å². The zero-order valence-corrected chi connectivity index (χ0v) is 15.6. The van der Waals surface area contributed by atoms with Gasteiger partial charge in [-0.1, -0.05) is 25.5 Å². The number of allylic oxidation sites excluding steroid dienone is 2. The van der Waals surface area contributed by atoms with Crippen LogP contribution in [0.5, 0.6) is 0 Å². The second-order valence-corrected chi connectivity index (χ2v) is 8.17. The monoisotopic (exact) mass is 364 g/mol. The Morgan fingerprint density at radius 1 is 1.04 bits per heavy atom. The van der Waals surface area contributed by atoms with Crippen LogP contribution in [0.3, 0.4) is 0 Å². The highest BCUT2D eigenvalue weighted by Gasteiger charge is 2.45. The Morgan fingerprint density at radius 2 is 1.62 bits per heavy atom. The Kier molecular flexibility index (Phi) is 6.35. The van der Waals surface area contributed by atoms with Gasteiger partial charge in [0.05, 0.1) is 24.0 Å². The molecule has 26 heavy (non-hydrogen) atoms. The number of fused-ring (bicyclic) bond motifs is 1. The maximum atomic E-state index is 13.1. The zero-order chi connectivity index (χ0) is 18.7. The largest absolute Gasteiger partial charge is 0.390 e. The first-order valence-electron chi connectivity index (χ1n) is 10.1. The van der Waals surface area contributed by atoms with Crippen LogP contribution in [0.2, 0.25) is 0 Å². The number of aliphatic hydroxyl groups is 2. The maximum absolute atomic E-state index is 13.1. The van der Waals surface area contributed by atoms with Gasteiger partial charge in [0.25, 0.3) is 0 Å². The van der Waals surface area contributed by atoms with Crippen molar-refractivity contribution in [1.29, 1.82) is 0 Å². The minimum Gasteiger partial charge on any atom is -0.390 e. The van der Waals surface area contributed by atoms with Gasteiger partial charge in [-0.2, -0.15) is 0 Å². The van der Waals surface area contributed by atoms with Gasteiger partial charge in [0.1, 0.15) is 0 Å². The zero-order valence-electron chi connectivity index (χ0n) is 15.6. The first-order chi connectivity index (χ1) is 12.5. The molecule has 1 aliphatic heterocycles. The molecule has 3 rings (SSSR count). The number of hydrogen-bond acceptors (Lipinski definition) is 4. The summed E-state index contributed by atoms with van der Waals surface area (Å²) in [6.07, 6.45) is 6.98. The van der Waals surface area contributed by atoms with Gasteiger partial charge in [0.2, 0.25) is 11.8 Å². The van der Waals surface area contributed by atoms with Crippen LogP contribution in [0.1, 0.15) is 45.4 Å². The number of rotatable bonds is 5. The third-order valence-electron chi connectivity index (χ3n) is 6.34. The Labute approximate surface area is 155 Å². The van der Waals surface area contributed by atoms with Gasteiger partial charge in [0.15, 0.2) is 0 Å². The third-order valence-corrected chi connectivity index (χ3v) is 6.34. The van der Waals surface area contributed by atoms with Crippen LogP contribution in [-0.2, 0) is 9.59 Å². The van der Waals surface area contributed by atoms with Crippen molar-refractivity contribution in [2.45, 2.75) is 57.7 Å². The van der Waals surface area contributed by atoms with Crippen LogP contribution in [0.4, 0.5) is 0 Å². The van der Waals surface area contributed by atoms with E-state index >= 15 is 0 Å². The van der Waals surface area contributed by atoms with Crippen molar-refractivity contribution in [2.75, 3.05) is 19.6 Å². The molecule has 6 nitrogen and oxygen atoms in total. The average Bonchev–Trinajstić information content (AvgIpc) is 3.04. The summed E-state index contributed by atoms with van der Waals surface area (Å²) < 4.78 is 0. The molecule has 0 aromatic heterocycles. The van der Waals surface area contributed by atoms with E-state index in [4.69, 9.17) is 0 Å². The van der Waals surface area contributed by atoms with Crippen molar-refractivity contribution in [3.8, 4) is 0 Å². The molecule has 6 heteroatoms. The van der Waals surface area contributed by atoms with Crippen molar-refractivity contribution in [3.05, 3.63) is 12.2 Å². The summed E-state index contributed by atoms with van der Waals surface area (Å²) in [6.45, 7) is 4.03. The van der Waals surface area contributed by atoms with Crippen LogP contribution in [0, 0.1) is 23.7 Å². The van der Waals surface area contributed by atoms with Crippen LogP contribution >= 0.6 is 0 Å². The van der Waals surface area contributed by atoms with E-state index in [-0.39, 0.29) is 35.5 Å². The quantitative estimate of drug-likeness (QED) is 0.503. The number of unbranched alkanes of at least 4 members (excludes halogenated alkanes) is 1. The van der Waals surface area contributed by atoms with Crippen molar-refractivity contribution in [2.24, 2.45) is 23.7 Å². The van der Waals surface area contributed by atoms with Gasteiger partial charge < -0.3 is 20.4 Å². The minimum absolute atomic E-state index is 0.0105. The molecule has 0 spiro atoms. The van der Waals surface area contributed by atoms with E-state index in [9.17, 15) is 19.8 Å². The summed E-state index contributed by atoms with van der Waals surface area (Å²) in [5.41, 5.74) is 0. The Hall–Kier alpha value is -1.40. The average molecular weight is 364 g/mol. The summed E-state index contributed by atoms with van der Waals surface area (Å²) in [6, 6.07) is 0. The molecule has 2 amide bonds. The van der Waals surface area contributed by atoms with Gasteiger partial charge in [-0.05, 0) is 43.9 Å². The number of aliphatic hydroxyl groups excluding tert-OH is 2. The van der Waals surface area contributed by atoms with Crippen molar-refractivity contribution >= 4 is 11.8 Å². The lowest BCUT2D eigenvalue weighted by Crippen LogP contribution is -2.44. The van der Waals surface area contributed by atoms with E-state index in [1.807, 2.05) is 17.1 Å². The number of carbonyl (C=O) groups is 2. The predicted molar refractivity (Wildman–Crippen MR) is 98.1 cm³/mol. The fourth-order valence-electron chi connectivity index (χ4n) is 4.72. The van der Waals surface area contributed by atoms with Gasteiger partial charge in [-0.3, -0.25) is 9.59 Å². The molecule has 1 saturated carbocycles. The summed E-state index contributed by atoms with van der Waals surface area (Å²) >= 11 is 0. The SMILES string of the molecule is CCCCNC(=O)[C@@H]1CC=CC[C@@H]1C(=O)N1C[C@H]2C[C@H](O)[C@H](O)C[C@H]2C1. The van der Waals surface area contributed by atoms with E-state index in [1.54, 1.807) is 0 Å². The Balaban J connectivity index is 1.62. The molecule has 2 aliphatic carbocycles. The van der Waals surface area contributed by atoms with Crippen molar-refractivity contribution in [3.63, 3.8) is 0 Å². The van der Waals surface area contributed by atoms with Crippen LogP contribution in [0.25, 0.3) is 0 Å². The standard InChI is InChI=1S/C20H32N2O4/c1-2-3-8-21-19(25)15-6-4-5-7-16(15)20(26)22-11-13-9-17(23)18(24)10-14(13)12-22/h4-5,13-18,23-24H,2-3,6-12H2,1H3,(H,21,25)/t13-,14+,15-,16+,17+,18-/m1/s1. The number of nitrogens with zero attached hydrogens (tertiary/aromatic N) is 1. The second kappa shape index (κ2) is 8.53. The Morgan fingerprint density at radius 3 is 2.19 bits per heavy atom. The molecule has 3 aliphatic rings. The third kappa shape index (κ3) is 4.12. The summed E-state index contributed by atoms with van der Waals surface area (Å²) in [7, 11) is 0. The molecule has 2 fully saturated rings. The van der Waals surface area contributed by atoms with Crippen LogP contribution in [0.15, 0.2) is 12.2 Å². The molecule has 1 saturated heterocycles. The molecule has 0 aromatic rings. The molecular formula is C20H32N2O4. The molecule has 0 bridgehead atoms. The second-order valence-electron chi connectivity index (χ2n) is 8.17. The van der Waals surface area contributed by atoms with E-state index < -0.39 is 12.2 Å². The lowest BCUT2D eigenvalue weighted by atomic mass is 9.79. The molecular weight excluding hydrogens is 332 g/mol. The van der Waals surface area contributed by atoms with Gasteiger partial charge in [-0.25, -0.2) is 0 Å². The smallest absolute Gasteiger partial charge is 0.226 e. The fraction of sp³-hybridized carbons (Fsp3) is 0.800. The highest BCUT2D eigenvalue weighted by molar-refractivity contribution is 5.88. The minimum atomic E-state index is -0.680. The first kappa shape index (κ1) is 19.4. The van der Waals surface area contributed by atoms with Gasteiger partial charge >= 0.3 is 0 Å². The van der Waals surface area contributed by atoms with Crippen LogP contribution < -0.4 is 5.32 Å². The summed E-state index contributed by atoms with van der Waals surface area (Å²) in [5, 5.41) is 22.8. The van der Waals surface area contributed by atoms with E-state index in [0.29, 0.717) is 45.3 Å². The highest BCUT2D eigenvalue weighted by atomic mass is 16.3. The maximum Gasteiger partial charge on any atom is 0.226 e. The first-order valence-corrected chi connectivity index (χ1v) is 10.1. The Bertz CT molecular complexity index is 532. The number of likely N-dealkylation sites (tertiary alicyclic amines) is 1. The van der Waals surface area contributed by atoms with Crippen molar-refractivity contribution in [1.82, 2.24) is 10.2 Å². The topological polar surface area (TPSA) is 89.9 Å². The highest BCUT2D eigenvalue weighted by Crippen LogP contribution is 2.38. The fourth-order valence-corrected chi connectivity index (χ4v) is 4.72. The van der Waals surface area contributed by atoms with E-state index in [0.717, 1.165) is 12.8 Å². The van der Waals surface area contributed by atoms with Crippen molar-refractivity contribution < 1.29 is 19.8 Å². The molecule has 0 aromatic carbocycles. The lowest BCUT2D eigenvalue weighted by Gasteiger charge is -2.31. The molecule has 6 atom stereocenters. The molecule has 1 heterocycles. The predicted octanol–water partition coefficient (Wildman–Crippen LogP) is 1.08. The van der Waals surface area contributed by atoms with E-state index in [1.165, 1.54) is 0 Å². The number of amides is 2. The number of nitrogens with one attached hydrogen (secondary N) is 1. The molecule has 146 valence electrons. The van der Waals surface area contributed by atoms with Gasteiger partial charge in [-0.15, -0.1) is 0 Å². The summed E-state index contributed by atoms with van der Waals surface area (Å²) in [5.74, 6) is -0.0200. The summed E-state index contributed by atoms with van der Waals surface area (Å²) in [4.78, 5) is 27.6. The lowest BCUT2D eigenvalue weighted by molar-refractivity contribution is -0.141. The van der Waals surface area contributed by atoms with Crippen LogP contribution in [-0.4, -0.2) is 58.8 Å². The molecule has 0 radical (unpaired) electrons. The number of carbonyl (C=O) groups excluding carboxylic acids is 2. The normalized spacial score (nSPS) is 36.7. The molecule has 0 unspecified atom stereocenters. The molecule has 3 N–H and O–H groups in total.